The quantitative estimate of drug-likeness (QED) is 0.643. The van der Waals surface area contributed by atoms with E-state index in [1.54, 1.807) is 11.0 Å². The van der Waals surface area contributed by atoms with E-state index in [-0.39, 0.29) is 37.2 Å². The molecule has 0 bridgehead atoms. The summed E-state index contributed by atoms with van der Waals surface area (Å²) in [5.41, 5.74) is 2.20. The second-order valence-electron chi connectivity index (χ2n) is 7.17. The number of fused-ring (bicyclic) bond motifs is 1. The molecule has 1 unspecified atom stereocenters. The van der Waals surface area contributed by atoms with Gasteiger partial charge in [-0.2, -0.15) is 0 Å². The first-order chi connectivity index (χ1) is 14.1. The topological polar surface area (TPSA) is 75.3 Å². The van der Waals surface area contributed by atoms with Gasteiger partial charge in [-0.15, -0.1) is 0 Å². The maximum Gasteiger partial charge on any atom is 0.306 e. The van der Waals surface area contributed by atoms with Gasteiger partial charge in [0.05, 0.1) is 23.5 Å². The van der Waals surface area contributed by atoms with Gasteiger partial charge in [0.25, 0.3) is 0 Å². The zero-order valence-corrected chi connectivity index (χ0v) is 15.9. The highest BCUT2D eigenvalue weighted by Crippen LogP contribution is 2.32. The van der Waals surface area contributed by atoms with Gasteiger partial charge in [-0.3, -0.25) is 9.59 Å². The lowest BCUT2D eigenvalue weighted by molar-refractivity contribution is -0.147. The van der Waals surface area contributed by atoms with Crippen LogP contribution in [0.5, 0.6) is 0 Å². The van der Waals surface area contributed by atoms with Crippen LogP contribution in [-0.4, -0.2) is 33.3 Å². The predicted molar refractivity (Wildman–Crippen MR) is 105 cm³/mol. The molecule has 2 aromatic carbocycles. The average Bonchev–Trinajstić information content (AvgIpc) is 3.37. The number of nitrogens with one attached hydrogen (secondary N) is 1. The average molecular weight is 395 g/mol. The molecule has 3 aromatic rings. The summed E-state index contributed by atoms with van der Waals surface area (Å²) in [5.74, 6) is -0.169. The van der Waals surface area contributed by atoms with Gasteiger partial charge in [0, 0.05) is 13.0 Å². The number of imidazole rings is 1. The summed E-state index contributed by atoms with van der Waals surface area (Å²) in [7, 11) is 0. The molecule has 2 heterocycles. The van der Waals surface area contributed by atoms with Crippen LogP contribution in [0.25, 0.3) is 11.0 Å². The molecule has 1 aromatic heterocycles. The Hall–Kier alpha value is -3.22. The second kappa shape index (κ2) is 8.43. The first-order valence-corrected chi connectivity index (χ1v) is 9.74. The number of aromatic nitrogens is 2. The standard InChI is InChI=1S/C22H22FN3O3/c23-16-8-9-17-18(13-16)25-22(24-17)19-7-4-12-26(19)20(27)10-11-21(28)29-14-15-5-2-1-3-6-15/h1-3,5-6,8-9,13,19H,4,7,10-12,14H2,(H,24,25). The Kier molecular flexibility index (Phi) is 5.55. The fourth-order valence-corrected chi connectivity index (χ4v) is 3.67. The number of ether oxygens (including phenoxy) is 1. The minimum Gasteiger partial charge on any atom is -0.461 e. The summed E-state index contributed by atoms with van der Waals surface area (Å²) in [5, 5.41) is 0. The number of likely N-dealkylation sites (tertiary alicyclic amines) is 1. The number of rotatable bonds is 6. The van der Waals surface area contributed by atoms with Crippen LogP contribution in [0.2, 0.25) is 0 Å². The van der Waals surface area contributed by atoms with E-state index in [0.717, 1.165) is 18.4 Å². The molecular formula is C22H22FN3O3. The van der Waals surface area contributed by atoms with Gasteiger partial charge in [-0.1, -0.05) is 30.3 Å². The van der Waals surface area contributed by atoms with Crippen molar-refractivity contribution in [2.24, 2.45) is 0 Å². The number of carbonyl (C=O) groups excluding carboxylic acids is 2. The van der Waals surface area contributed by atoms with E-state index in [2.05, 4.69) is 9.97 Å². The molecule has 1 amide bonds. The summed E-state index contributed by atoms with van der Waals surface area (Å²) >= 11 is 0. The minimum atomic E-state index is -0.392. The predicted octanol–water partition coefficient (Wildman–Crippen LogP) is 3.89. The van der Waals surface area contributed by atoms with Gasteiger partial charge >= 0.3 is 5.97 Å². The van der Waals surface area contributed by atoms with Crippen molar-refractivity contribution < 1.29 is 18.7 Å². The number of hydrogen-bond donors (Lipinski definition) is 1. The zero-order chi connectivity index (χ0) is 20.2. The molecule has 4 rings (SSSR count). The van der Waals surface area contributed by atoms with E-state index < -0.39 is 5.97 Å². The Balaban J connectivity index is 1.34. The molecule has 1 aliphatic heterocycles. The van der Waals surface area contributed by atoms with E-state index in [4.69, 9.17) is 4.74 Å². The summed E-state index contributed by atoms with van der Waals surface area (Å²) in [4.78, 5) is 34.1. The van der Waals surface area contributed by atoms with Crippen molar-refractivity contribution in [3.63, 3.8) is 0 Å². The van der Waals surface area contributed by atoms with Gasteiger partial charge < -0.3 is 14.6 Å². The van der Waals surface area contributed by atoms with E-state index in [1.807, 2.05) is 30.3 Å². The second-order valence-corrected chi connectivity index (χ2v) is 7.17. The molecular weight excluding hydrogens is 373 g/mol. The summed E-state index contributed by atoms with van der Waals surface area (Å²) in [6.07, 6.45) is 1.78. The number of halogens is 1. The molecule has 0 spiro atoms. The molecule has 1 fully saturated rings. The number of amides is 1. The summed E-state index contributed by atoms with van der Waals surface area (Å²) in [6, 6.07) is 13.6. The Morgan fingerprint density at radius 1 is 1.17 bits per heavy atom. The normalized spacial score (nSPS) is 16.3. The number of hydrogen-bond acceptors (Lipinski definition) is 4. The minimum absolute atomic E-state index is 0.0419. The Bertz CT molecular complexity index is 1020. The number of aromatic amines is 1. The Morgan fingerprint density at radius 2 is 2.00 bits per heavy atom. The molecule has 0 saturated carbocycles. The fraction of sp³-hybridized carbons (Fsp3) is 0.318. The smallest absolute Gasteiger partial charge is 0.306 e. The van der Waals surface area contributed by atoms with Crippen molar-refractivity contribution in [3.8, 4) is 0 Å². The lowest BCUT2D eigenvalue weighted by Gasteiger charge is -2.23. The SMILES string of the molecule is O=C(CCC(=O)N1CCCC1c1nc2ccc(F)cc2[nH]1)OCc1ccccc1. The summed E-state index contributed by atoms with van der Waals surface area (Å²) < 4.78 is 18.7. The van der Waals surface area contributed by atoms with Gasteiger partial charge in [0.15, 0.2) is 0 Å². The van der Waals surface area contributed by atoms with Crippen molar-refractivity contribution in [1.82, 2.24) is 14.9 Å². The Labute approximate surface area is 167 Å². The Morgan fingerprint density at radius 3 is 2.83 bits per heavy atom. The van der Waals surface area contributed by atoms with Crippen LogP contribution in [-0.2, 0) is 20.9 Å². The lowest BCUT2D eigenvalue weighted by atomic mass is 10.2. The van der Waals surface area contributed by atoms with Crippen molar-refractivity contribution >= 4 is 22.9 Å². The first kappa shape index (κ1) is 19.1. The fourth-order valence-electron chi connectivity index (χ4n) is 3.67. The lowest BCUT2D eigenvalue weighted by Crippen LogP contribution is -2.31. The molecule has 29 heavy (non-hydrogen) atoms. The highest BCUT2D eigenvalue weighted by Gasteiger charge is 2.32. The first-order valence-electron chi connectivity index (χ1n) is 9.74. The highest BCUT2D eigenvalue weighted by molar-refractivity contribution is 5.82. The third-order valence-electron chi connectivity index (χ3n) is 5.14. The molecule has 6 nitrogen and oxygen atoms in total. The number of H-pyrrole nitrogens is 1. The van der Waals surface area contributed by atoms with Gasteiger partial charge in [-0.25, -0.2) is 9.37 Å². The van der Waals surface area contributed by atoms with Crippen LogP contribution < -0.4 is 0 Å². The van der Waals surface area contributed by atoms with E-state index in [0.29, 0.717) is 23.4 Å². The number of nitrogens with zero attached hydrogens (tertiary/aromatic N) is 2. The third kappa shape index (κ3) is 4.45. The van der Waals surface area contributed by atoms with Crippen LogP contribution in [0.1, 0.15) is 43.1 Å². The molecule has 1 N–H and O–H groups in total. The van der Waals surface area contributed by atoms with E-state index in [9.17, 15) is 14.0 Å². The number of carbonyl (C=O) groups is 2. The molecule has 1 saturated heterocycles. The van der Waals surface area contributed by atoms with Gasteiger partial charge in [0.1, 0.15) is 18.2 Å². The molecule has 0 aliphatic carbocycles. The van der Waals surface area contributed by atoms with E-state index >= 15 is 0 Å². The van der Waals surface area contributed by atoms with Crippen molar-refractivity contribution in [1.29, 1.82) is 0 Å². The van der Waals surface area contributed by atoms with Gasteiger partial charge in [0.2, 0.25) is 5.91 Å². The van der Waals surface area contributed by atoms with Crippen molar-refractivity contribution in [3.05, 3.63) is 65.7 Å². The maximum atomic E-state index is 13.4. The largest absolute Gasteiger partial charge is 0.461 e. The van der Waals surface area contributed by atoms with Crippen LogP contribution in [0, 0.1) is 5.82 Å². The number of benzene rings is 2. The van der Waals surface area contributed by atoms with Gasteiger partial charge in [-0.05, 0) is 36.6 Å². The summed E-state index contributed by atoms with van der Waals surface area (Å²) in [6.45, 7) is 0.823. The van der Waals surface area contributed by atoms with E-state index in [1.165, 1.54) is 12.1 Å². The molecule has 0 radical (unpaired) electrons. The monoisotopic (exact) mass is 395 g/mol. The maximum absolute atomic E-state index is 13.4. The molecule has 150 valence electrons. The molecule has 1 aliphatic rings. The van der Waals surface area contributed by atoms with Crippen molar-refractivity contribution in [2.45, 2.75) is 38.3 Å². The van der Waals surface area contributed by atoms with Crippen LogP contribution in [0.3, 0.4) is 0 Å². The van der Waals surface area contributed by atoms with Crippen LogP contribution >= 0.6 is 0 Å². The highest BCUT2D eigenvalue weighted by atomic mass is 19.1. The number of esters is 1. The zero-order valence-electron chi connectivity index (χ0n) is 15.9. The van der Waals surface area contributed by atoms with Crippen molar-refractivity contribution in [2.75, 3.05) is 6.54 Å². The van der Waals surface area contributed by atoms with Crippen LogP contribution in [0.15, 0.2) is 48.5 Å². The molecule has 7 heteroatoms. The van der Waals surface area contributed by atoms with Crippen LogP contribution in [0.4, 0.5) is 4.39 Å². The third-order valence-corrected chi connectivity index (χ3v) is 5.14. The molecule has 1 atom stereocenters.